The van der Waals surface area contributed by atoms with Gasteiger partial charge in [0, 0.05) is 12.0 Å². The lowest BCUT2D eigenvalue weighted by atomic mass is 9.98. The van der Waals surface area contributed by atoms with E-state index >= 15 is 0 Å². The third kappa shape index (κ3) is 6.43. The average molecular weight is 313 g/mol. The first-order valence-corrected chi connectivity index (χ1v) is 8.28. The largest absolute Gasteiger partial charge is 0.462 e. The Labute approximate surface area is 138 Å². The number of aliphatic hydroxyl groups is 1. The second-order valence-electron chi connectivity index (χ2n) is 6.40. The molecule has 1 atom stereocenters. The highest BCUT2D eigenvalue weighted by molar-refractivity contribution is 5.42. The molecule has 0 aliphatic heterocycles. The third-order valence-electron chi connectivity index (χ3n) is 3.95. The maximum atomic E-state index is 9.16. The molecule has 1 heterocycles. The van der Waals surface area contributed by atoms with E-state index in [1.807, 2.05) is 31.2 Å². The third-order valence-corrected chi connectivity index (χ3v) is 3.95. The van der Waals surface area contributed by atoms with Crippen molar-refractivity contribution in [3.05, 3.63) is 65.6 Å². The number of nitrogens with two attached hydrogens (primary N) is 1. The van der Waals surface area contributed by atoms with Crippen LogP contribution in [-0.2, 0) is 12.8 Å². The van der Waals surface area contributed by atoms with Crippen LogP contribution in [0.1, 0.15) is 43.3 Å². The van der Waals surface area contributed by atoms with Crippen molar-refractivity contribution in [2.24, 2.45) is 5.73 Å². The van der Waals surface area contributed by atoms with Gasteiger partial charge in [-0.25, -0.2) is 0 Å². The first-order chi connectivity index (χ1) is 11.1. The number of unbranched alkanes of at least 4 members (excludes halogenated alkanes) is 1. The summed E-state index contributed by atoms with van der Waals surface area (Å²) in [5.74, 6) is 1.79. The van der Waals surface area contributed by atoms with Crippen LogP contribution in [0.2, 0.25) is 0 Å². The summed E-state index contributed by atoms with van der Waals surface area (Å²) >= 11 is 0. The normalized spacial score (nSPS) is 14.2. The first-order valence-electron chi connectivity index (χ1n) is 8.28. The van der Waals surface area contributed by atoms with Gasteiger partial charge in [-0.15, -0.1) is 0 Å². The van der Waals surface area contributed by atoms with Gasteiger partial charge in [-0.05, 0) is 56.4 Å². The number of allylic oxidation sites excluding steroid dienone is 1. The minimum absolute atomic E-state index is 0.0120. The van der Waals surface area contributed by atoms with E-state index in [-0.39, 0.29) is 6.61 Å². The molecule has 1 unspecified atom stereocenters. The van der Waals surface area contributed by atoms with Crippen LogP contribution in [0.4, 0.5) is 0 Å². The maximum Gasteiger partial charge on any atom is 0.126 e. The summed E-state index contributed by atoms with van der Waals surface area (Å²) < 4.78 is 5.76. The van der Waals surface area contributed by atoms with Crippen LogP contribution in [0.15, 0.2) is 53.0 Å². The Kier molecular flexibility index (Phi) is 6.63. The van der Waals surface area contributed by atoms with Crippen molar-refractivity contribution in [3.63, 3.8) is 0 Å². The fourth-order valence-corrected chi connectivity index (χ4v) is 2.37. The van der Waals surface area contributed by atoms with Crippen molar-refractivity contribution >= 4 is 6.08 Å². The van der Waals surface area contributed by atoms with Gasteiger partial charge in [0.05, 0.1) is 6.61 Å². The number of furan rings is 1. The average Bonchev–Trinajstić information content (AvgIpc) is 3.02. The topological polar surface area (TPSA) is 59.4 Å². The summed E-state index contributed by atoms with van der Waals surface area (Å²) in [6.07, 6.45) is 8.92. The highest BCUT2D eigenvalue weighted by Crippen LogP contribution is 2.16. The van der Waals surface area contributed by atoms with Gasteiger partial charge in [0.1, 0.15) is 11.5 Å². The van der Waals surface area contributed by atoms with Crippen molar-refractivity contribution in [2.45, 2.75) is 44.6 Å². The van der Waals surface area contributed by atoms with Gasteiger partial charge in [-0.1, -0.05) is 36.4 Å². The number of aryl methyl sites for hydroxylation is 2. The molecule has 0 aliphatic rings. The lowest BCUT2D eigenvalue weighted by Gasteiger charge is -2.20. The molecule has 3 heteroatoms. The molecule has 2 rings (SSSR count). The van der Waals surface area contributed by atoms with Crippen LogP contribution in [0.5, 0.6) is 0 Å². The van der Waals surface area contributed by atoms with Gasteiger partial charge in [-0.3, -0.25) is 0 Å². The number of hydrogen-bond donors (Lipinski definition) is 2. The Morgan fingerprint density at radius 1 is 1.13 bits per heavy atom. The fraction of sp³-hybridized carbons (Fsp3) is 0.400. The SMILES string of the molecule is CC(N)(CO)CCc1ccc(/C=C/CCCc2ccccc2)o1. The molecular weight excluding hydrogens is 286 g/mol. The van der Waals surface area contributed by atoms with Crippen LogP contribution in [0.3, 0.4) is 0 Å². The number of aliphatic hydroxyl groups excluding tert-OH is 1. The highest BCUT2D eigenvalue weighted by atomic mass is 16.3. The number of benzene rings is 1. The summed E-state index contributed by atoms with van der Waals surface area (Å²) in [6.45, 7) is 1.84. The Hall–Kier alpha value is -1.84. The molecule has 0 saturated heterocycles. The fourth-order valence-electron chi connectivity index (χ4n) is 2.37. The highest BCUT2D eigenvalue weighted by Gasteiger charge is 2.17. The minimum Gasteiger partial charge on any atom is -0.462 e. The van der Waals surface area contributed by atoms with E-state index in [1.165, 1.54) is 5.56 Å². The molecule has 0 spiro atoms. The van der Waals surface area contributed by atoms with Crippen molar-refractivity contribution in [3.8, 4) is 0 Å². The van der Waals surface area contributed by atoms with E-state index < -0.39 is 5.54 Å². The molecule has 3 N–H and O–H groups in total. The van der Waals surface area contributed by atoms with Gasteiger partial charge in [0.25, 0.3) is 0 Å². The summed E-state index contributed by atoms with van der Waals surface area (Å²) in [5, 5.41) is 9.16. The molecule has 1 aromatic carbocycles. The standard InChI is InChI=1S/C20H27NO2/c1-20(21,16-22)15-14-19-13-12-18(23-19)11-7-3-6-10-17-8-4-2-5-9-17/h2,4-5,7-9,11-13,22H,3,6,10,14-16,21H2,1H3/b11-7+. The zero-order chi connectivity index (χ0) is 16.5. The summed E-state index contributed by atoms with van der Waals surface area (Å²) in [4.78, 5) is 0. The Bertz CT molecular complexity index is 599. The second-order valence-corrected chi connectivity index (χ2v) is 6.40. The number of rotatable bonds is 9. The maximum absolute atomic E-state index is 9.16. The summed E-state index contributed by atoms with van der Waals surface area (Å²) in [5.41, 5.74) is 6.77. The molecule has 124 valence electrons. The van der Waals surface area contributed by atoms with Crippen LogP contribution >= 0.6 is 0 Å². The molecule has 0 saturated carbocycles. The van der Waals surface area contributed by atoms with E-state index in [4.69, 9.17) is 15.3 Å². The molecule has 0 amide bonds. The summed E-state index contributed by atoms with van der Waals surface area (Å²) in [6, 6.07) is 14.5. The molecule has 23 heavy (non-hydrogen) atoms. The first kappa shape index (κ1) is 17.5. The zero-order valence-electron chi connectivity index (χ0n) is 13.9. The molecule has 0 aliphatic carbocycles. The summed E-state index contributed by atoms with van der Waals surface area (Å²) in [7, 11) is 0. The Balaban J connectivity index is 1.71. The van der Waals surface area contributed by atoms with Crippen molar-refractivity contribution in [1.29, 1.82) is 0 Å². The van der Waals surface area contributed by atoms with E-state index in [9.17, 15) is 0 Å². The monoisotopic (exact) mass is 313 g/mol. The van der Waals surface area contributed by atoms with Gasteiger partial charge in [0.15, 0.2) is 0 Å². The van der Waals surface area contributed by atoms with E-state index in [0.29, 0.717) is 6.42 Å². The van der Waals surface area contributed by atoms with Crippen molar-refractivity contribution in [1.82, 2.24) is 0 Å². The molecule has 1 aromatic heterocycles. The van der Waals surface area contributed by atoms with E-state index in [2.05, 4.69) is 30.3 Å². The lowest BCUT2D eigenvalue weighted by Crippen LogP contribution is -2.40. The molecule has 0 fully saturated rings. The smallest absolute Gasteiger partial charge is 0.126 e. The predicted octanol–water partition coefficient (Wildman–Crippen LogP) is 3.96. The van der Waals surface area contributed by atoms with Gasteiger partial charge in [0.2, 0.25) is 0 Å². The molecule has 3 nitrogen and oxygen atoms in total. The van der Waals surface area contributed by atoms with Crippen molar-refractivity contribution < 1.29 is 9.52 Å². The second kappa shape index (κ2) is 8.70. The van der Waals surface area contributed by atoms with Crippen LogP contribution in [0.25, 0.3) is 6.08 Å². The van der Waals surface area contributed by atoms with Gasteiger partial charge >= 0.3 is 0 Å². The minimum atomic E-state index is -0.541. The number of hydrogen-bond acceptors (Lipinski definition) is 3. The Morgan fingerprint density at radius 3 is 2.65 bits per heavy atom. The van der Waals surface area contributed by atoms with Gasteiger partial charge < -0.3 is 15.3 Å². The Morgan fingerprint density at radius 2 is 1.91 bits per heavy atom. The zero-order valence-corrected chi connectivity index (χ0v) is 13.9. The molecule has 0 bridgehead atoms. The van der Waals surface area contributed by atoms with Crippen LogP contribution in [0, 0.1) is 0 Å². The predicted molar refractivity (Wildman–Crippen MR) is 95.1 cm³/mol. The molecular formula is C20H27NO2. The van der Waals surface area contributed by atoms with Gasteiger partial charge in [-0.2, -0.15) is 0 Å². The van der Waals surface area contributed by atoms with E-state index in [1.54, 1.807) is 0 Å². The quantitative estimate of drug-likeness (QED) is 0.689. The van der Waals surface area contributed by atoms with Crippen LogP contribution in [-0.4, -0.2) is 17.3 Å². The molecule has 2 aromatic rings. The van der Waals surface area contributed by atoms with Crippen LogP contribution < -0.4 is 5.73 Å². The lowest BCUT2D eigenvalue weighted by molar-refractivity contribution is 0.199. The van der Waals surface area contributed by atoms with Crippen molar-refractivity contribution in [2.75, 3.05) is 6.61 Å². The van der Waals surface area contributed by atoms with E-state index in [0.717, 1.165) is 37.2 Å². The molecule has 0 radical (unpaired) electrons.